The summed E-state index contributed by atoms with van der Waals surface area (Å²) in [5.74, 6) is -0.128. The summed E-state index contributed by atoms with van der Waals surface area (Å²) in [5.41, 5.74) is 1.69. The average molecular weight is 410 g/mol. The molecule has 2 aliphatic rings. The van der Waals surface area contributed by atoms with Crippen molar-refractivity contribution in [2.45, 2.75) is 6.67 Å². The van der Waals surface area contributed by atoms with E-state index < -0.39 is 11.7 Å². The number of amides is 1. The van der Waals surface area contributed by atoms with Crippen LogP contribution in [0.2, 0.25) is 0 Å². The third kappa shape index (κ3) is 2.82. The molecule has 146 valence electrons. The van der Waals surface area contributed by atoms with Crippen LogP contribution in [-0.4, -0.2) is 24.3 Å². The van der Waals surface area contributed by atoms with E-state index in [2.05, 4.69) is 10.3 Å². The van der Waals surface area contributed by atoms with Crippen molar-refractivity contribution >= 4 is 34.2 Å². The van der Waals surface area contributed by atoms with Gasteiger partial charge in [-0.15, -0.1) is 0 Å². The van der Waals surface area contributed by atoms with Crippen molar-refractivity contribution in [3.8, 4) is 5.75 Å². The first-order valence-corrected chi connectivity index (χ1v) is 9.65. The maximum absolute atomic E-state index is 13.7. The number of halogens is 1. The van der Waals surface area contributed by atoms with Crippen LogP contribution < -0.4 is 29.8 Å². The van der Waals surface area contributed by atoms with Crippen molar-refractivity contribution < 1.29 is 13.9 Å². The highest BCUT2D eigenvalue weighted by Crippen LogP contribution is 2.30. The standard InChI is InChI=1S/C20H15FN4O3S/c1-28-13-5-3-12(4-6-13)24-9-22-20-25(10-24)19(27)17(29-20)16-14-8-11(21)2-7-15(14)23-18(16)26/h2-8H,9-10H2,1H3,(H,23,26)/b17-16+. The minimum absolute atomic E-state index is 0.197. The zero-order valence-electron chi connectivity index (χ0n) is 15.3. The molecule has 2 aromatic carbocycles. The van der Waals surface area contributed by atoms with Gasteiger partial charge in [-0.1, -0.05) is 11.3 Å². The predicted octanol–water partition coefficient (Wildman–Crippen LogP) is 1.26. The second kappa shape index (κ2) is 6.56. The van der Waals surface area contributed by atoms with E-state index in [1.54, 1.807) is 7.11 Å². The number of rotatable bonds is 2. The minimum atomic E-state index is -0.463. The van der Waals surface area contributed by atoms with Crippen LogP contribution in [0.25, 0.3) is 5.57 Å². The van der Waals surface area contributed by atoms with Crippen LogP contribution in [0.1, 0.15) is 5.56 Å². The number of aromatic nitrogens is 1. The van der Waals surface area contributed by atoms with Gasteiger partial charge in [0.15, 0.2) is 4.80 Å². The van der Waals surface area contributed by atoms with Crippen molar-refractivity contribution in [1.29, 1.82) is 0 Å². The summed E-state index contributed by atoms with van der Waals surface area (Å²) in [5, 5.41) is 2.69. The SMILES string of the molecule is COc1ccc(N2CN=c3s/c(=C4/C(=O)Nc5ccc(F)cc54)c(=O)n3C2)cc1. The van der Waals surface area contributed by atoms with Crippen LogP contribution in [0.4, 0.5) is 15.8 Å². The molecule has 0 aliphatic carbocycles. The van der Waals surface area contributed by atoms with Crippen molar-refractivity contribution in [3.63, 3.8) is 0 Å². The Labute approximate surface area is 168 Å². The number of methoxy groups -OCH3 is 1. The monoisotopic (exact) mass is 410 g/mol. The van der Waals surface area contributed by atoms with E-state index >= 15 is 0 Å². The van der Waals surface area contributed by atoms with Gasteiger partial charge < -0.3 is 15.0 Å². The second-order valence-corrected chi connectivity index (χ2v) is 7.62. The van der Waals surface area contributed by atoms with E-state index in [0.717, 1.165) is 22.8 Å². The van der Waals surface area contributed by atoms with E-state index in [1.165, 1.54) is 22.8 Å². The molecule has 0 unspecified atom stereocenters. The Bertz CT molecular complexity index is 1330. The topological polar surface area (TPSA) is 75.9 Å². The molecule has 3 aromatic rings. The molecule has 0 spiro atoms. The number of ether oxygens (including phenoxy) is 1. The maximum atomic E-state index is 13.7. The molecule has 3 heterocycles. The van der Waals surface area contributed by atoms with E-state index in [4.69, 9.17) is 4.74 Å². The number of hydrogen-bond acceptors (Lipinski definition) is 6. The fourth-order valence-electron chi connectivity index (χ4n) is 3.48. The van der Waals surface area contributed by atoms with Gasteiger partial charge in [-0.3, -0.25) is 14.2 Å². The van der Waals surface area contributed by atoms with Crippen molar-refractivity contribution in [3.05, 3.63) is 73.5 Å². The van der Waals surface area contributed by atoms with Gasteiger partial charge in [0, 0.05) is 16.9 Å². The van der Waals surface area contributed by atoms with Gasteiger partial charge in [0.05, 0.1) is 12.7 Å². The molecular formula is C20H15FN4O3S. The first-order valence-electron chi connectivity index (χ1n) is 8.84. The third-order valence-electron chi connectivity index (χ3n) is 4.94. The lowest BCUT2D eigenvalue weighted by atomic mass is 10.1. The van der Waals surface area contributed by atoms with Crippen LogP contribution in [0, 0.1) is 5.82 Å². The summed E-state index contributed by atoms with van der Waals surface area (Å²) in [6.07, 6.45) is 0. The summed E-state index contributed by atoms with van der Waals surface area (Å²) in [4.78, 5) is 32.6. The smallest absolute Gasteiger partial charge is 0.272 e. The predicted molar refractivity (Wildman–Crippen MR) is 107 cm³/mol. The van der Waals surface area contributed by atoms with E-state index in [0.29, 0.717) is 29.4 Å². The summed E-state index contributed by atoms with van der Waals surface area (Å²) >= 11 is 1.15. The Morgan fingerprint density at radius 3 is 2.72 bits per heavy atom. The number of carbonyl (C=O) groups is 1. The number of carbonyl (C=O) groups excluding carboxylic acids is 1. The molecule has 9 heteroatoms. The quantitative estimate of drug-likeness (QED) is 0.690. The Morgan fingerprint density at radius 2 is 1.97 bits per heavy atom. The average Bonchev–Trinajstić information content (AvgIpc) is 3.23. The Morgan fingerprint density at radius 1 is 1.17 bits per heavy atom. The summed E-state index contributed by atoms with van der Waals surface area (Å²) in [6.45, 7) is 0.698. The van der Waals surface area contributed by atoms with Gasteiger partial charge >= 0.3 is 0 Å². The molecule has 29 heavy (non-hydrogen) atoms. The lowest BCUT2D eigenvalue weighted by molar-refractivity contribution is -0.110. The molecule has 7 nitrogen and oxygen atoms in total. The number of hydrogen-bond donors (Lipinski definition) is 1. The molecule has 1 aromatic heterocycles. The molecule has 0 atom stereocenters. The number of fused-ring (bicyclic) bond motifs is 2. The molecule has 0 fully saturated rings. The van der Waals surface area contributed by atoms with Crippen molar-refractivity contribution in [2.75, 3.05) is 24.0 Å². The van der Waals surface area contributed by atoms with Crippen molar-refractivity contribution in [1.82, 2.24) is 4.57 Å². The number of benzene rings is 2. The van der Waals surface area contributed by atoms with Crippen molar-refractivity contribution in [2.24, 2.45) is 4.99 Å². The third-order valence-corrected chi connectivity index (χ3v) is 6.06. The van der Waals surface area contributed by atoms with Gasteiger partial charge in [-0.25, -0.2) is 9.38 Å². The Hall–Kier alpha value is -3.46. The first kappa shape index (κ1) is 17.6. The molecular weight excluding hydrogens is 395 g/mol. The molecule has 2 aliphatic heterocycles. The molecule has 1 amide bonds. The second-order valence-electron chi connectivity index (χ2n) is 6.64. The number of anilines is 2. The normalized spacial score (nSPS) is 16.8. The highest BCUT2D eigenvalue weighted by molar-refractivity contribution is 7.07. The van der Waals surface area contributed by atoms with Gasteiger partial charge in [-0.05, 0) is 42.5 Å². The Balaban J connectivity index is 1.61. The van der Waals surface area contributed by atoms with Crippen LogP contribution in [0.5, 0.6) is 5.75 Å². The van der Waals surface area contributed by atoms with Crippen LogP contribution in [0.3, 0.4) is 0 Å². The first-order chi connectivity index (χ1) is 14.0. The minimum Gasteiger partial charge on any atom is -0.497 e. The van der Waals surface area contributed by atoms with E-state index in [1.807, 2.05) is 29.2 Å². The molecule has 5 rings (SSSR count). The fraction of sp³-hybridized carbons (Fsp3) is 0.150. The van der Waals surface area contributed by atoms with Gasteiger partial charge in [0.1, 0.15) is 29.4 Å². The maximum Gasteiger partial charge on any atom is 0.272 e. The zero-order valence-corrected chi connectivity index (χ0v) is 16.1. The molecule has 0 saturated heterocycles. The lowest BCUT2D eigenvalue weighted by Crippen LogP contribution is -2.43. The van der Waals surface area contributed by atoms with Crippen LogP contribution >= 0.6 is 11.3 Å². The molecule has 1 N–H and O–H groups in total. The summed E-state index contributed by atoms with van der Waals surface area (Å²) < 4.78 is 20.7. The zero-order chi connectivity index (χ0) is 20.1. The Kier molecular flexibility index (Phi) is 3.99. The van der Waals surface area contributed by atoms with Crippen LogP contribution in [0.15, 0.2) is 52.3 Å². The van der Waals surface area contributed by atoms with E-state index in [9.17, 15) is 14.0 Å². The van der Waals surface area contributed by atoms with Gasteiger partial charge in [0.2, 0.25) is 0 Å². The lowest BCUT2D eigenvalue weighted by Gasteiger charge is -2.25. The molecule has 0 radical (unpaired) electrons. The highest BCUT2D eigenvalue weighted by Gasteiger charge is 2.28. The number of nitrogens with zero attached hydrogens (tertiary/aromatic N) is 3. The van der Waals surface area contributed by atoms with Gasteiger partial charge in [0.25, 0.3) is 11.5 Å². The van der Waals surface area contributed by atoms with Gasteiger partial charge in [-0.2, -0.15) is 0 Å². The molecule has 0 bridgehead atoms. The largest absolute Gasteiger partial charge is 0.497 e. The molecule has 0 saturated carbocycles. The number of thiazole rings is 1. The van der Waals surface area contributed by atoms with Crippen LogP contribution in [-0.2, 0) is 11.5 Å². The summed E-state index contributed by atoms with van der Waals surface area (Å²) in [7, 11) is 1.60. The summed E-state index contributed by atoms with van der Waals surface area (Å²) in [6, 6.07) is 11.5. The fourth-order valence-corrected chi connectivity index (χ4v) is 4.54. The number of nitrogens with one attached hydrogen (secondary N) is 1. The van der Waals surface area contributed by atoms with E-state index in [-0.39, 0.29) is 15.7 Å². The highest BCUT2D eigenvalue weighted by atomic mass is 32.1.